The fraction of sp³-hybridized carbons (Fsp3) is 0.600. The van der Waals surface area contributed by atoms with Crippen molar-refractivity contribution in [2.45, 2.75) is 26.3 Å². The van der Waals surface area contributed by atoms with Crippen LogP contribution >= 0.6 is 0 Å². The number of fused-ring (bicyclic) bond motifs is 3. The van der Waals surface area contributed by atoms with Crippen molar-refractivity contribution in [1.29, 1.82) is 0 Å². The Morgan fingerprint density at radius 1 is 1.60 bits per heavy atom. The molecule has 0 amide bonds. The Bertz CT molecular complexity index is 518. The molecular weight excluding hydrogens is 256 g/mol. The van der Waals surface area contributed by atoms with E-state index in [0.29, 0.717) is 26.2 Å². The Morgan fingerprint density at radius 3 is 3.25 bits per heavy atom. The normalized spacial score (nSPS) is 24.8. The van der Waals surface area contributed by atoms with Crippen LogP contribution < -0.4 is 4.90 Å². The minimum atomic E-state index is -0.182. The first-order valence-corrected chi connectivity index (χ1v) is 7.17. The van der Waals surface area contributed by atoms with Crippen LogP contribution in [-0.4, -0.2) is 43.4 Å². The standard InChI is InChI=1S/C15H20N2O3/c1-3-20-15(18)11-7-12-13(6-10(2)8-16-12)17-4-5-19-9-14(11)17/h6,8,11,14H,3-5,7,9H2,1-2H3. The number of pyridine rings is 1. The van der Waals surface area contributed by atoms with Crippen molar-refractivity contribution in [2.75, 3.05) is 31.3 Å². The number of carbonyl (C=O) groups excluding carboxylic acids is 1. The monoisotopic (exact) mass is 276 g/mol. The zero-order valence-electron chi connectivity index (χ0n) is 12.0. The van der Waals surface area contributed by atoms with E-state index in [9.17, 15) is 4.79 Å². The minimum Gasteiger partial charge on any atom is -0.466 e. The van der Waals surface area contributed by atoms with Crippen LogP contribution in [0.5, 0.6) is 0 Å². The highest BCUT2D eigenvalue weighted by molar-refractivity contribution is 5.76. The lowest BCUT2D eigenvalue weighted by atomic mass is 9.87. The van der Waals surface area contributed by atoms with Gasteiger partial charge in [0, 0.05) is 19.2 Å². The molecule has 5 heteroatoms. The molecule has 0 N–H and O–H groups in total. The quantitative estimate of drug-likeness (QED) is 0.763. The lowest BCUT2D eigenvalue weighted by Crippen LogP contribution is -2.55. The van der Waals surface area contributed by atoms with Crippen LogP contribution in [0.25, 0.3) is 0 Å². The van der Waals surface area contributed by atoms with E-state index in [2.05, 4.69) is 16.0 Å². The number of hydrogen-bond donors (Lipinski definition) is 0. The third-order valence-electron chi connectivity index (χ3n) is 4.03. The van der Waals surface area contributed by atoms with Crippen LogP contribution in [0.15, 0.2) is 12.3 Å². The second-order valence-corrected chi connectivity index (χ2v) is 5.38. The largest absolute Gasteiger partial charge is 0.466 e. The van der Waals surface area contributed by atoms with Gasteiger partial charge in [0.2, 0.25) is 0 Å². The van der Waals surface area contributed by atoms with Crippen molar-refractivity contribution in [1.82, 2.24) is 4.98 Å². The van der Waals surface area contributed by atoms with Gasteiger partial charge in [-0.15, -0.1) is 0 Å². The molecule has 1 fully saturated rings. The second kappa shape index (κ2) is 5.40. The van der Waals surface area contributed by atoms with Crippen LogP contribution in [0, 0.1) is 12.8 Å². The predicted molar refractivity (Wildman–Crippen MR) is 74.8 cm³/mol. The van der Waals surface area contributed by atoms with E-state index in [-0.39, 0.29) is 17.9 Å². The van der Waals surface area contributed by atoms with Gasteiger partial charge < -0.3 is 14.4 Å². The Kier molecular flexibility index (Phi) is 3.61. The smallest absolute Gasteiger partial charge is 0.311 e. The number of ether oxygens (including phenoxy) is 2. The molecule has 0 bridgehead atoms. The molecule has 0 aromatic carbocycles. The number of carbonyl (C=O) groups is 1. The van der Waals surface area contributed by atoms with Crippen molar-refractivity contribution in [3.63, 3.8) is 0 Å². The van der Waals surface area contributed by atoms with Gasteiger partial charge in [0.15, 0.2) is 0 Å². The van der Waals surface area contributed by atoms with Crippen molar-refractivity contribution >= 4 is 11.7 Å². The molecule has 0 spiro atoms. The maximum Gasteiger partial charge on any atom is 0.311 e. The van der Waals surface area contributed by atoms with Crippen molar-refractivity contribution in [2.24, 2.45) is 5.92 Å². The molecule has 5 nitrogen and oxygen atoms in total. The summed E-state index contributed by atoms with van der Waals surface area (Å²) in [5.41, 5.74) is 3.29. The van der Waals surface area contributed by atoms with E-state index in [0.717, 1.165) is 23.5 Å². The second-order valence-electron chi connectivity index (χ2n) is 5.38. The number of esters is 1. The van der Waals surface area contributed by atoms with Gasteiger partial charge >= 0.3 is 5.97 Å². The number of hydrogen-bond acceptors (Lipinski definition) is 5. The summed E-state index contributed by atoms with van der Waals surface area (Å²) < 4.78 is 10.8. The number of aryl methyl sites for hydroxylation is 1. The first-order valence-electron chi connectivity index (χ1n) is 7.17. The van der Waals surface area contributed by atoms with E-state index in [4.69, 9.17) is 9.47 Å². The summed E-state index contributed by atoms with van der Waals surface area (Å²) in [6, 6.07) is 2.22. The molecule has 3 rings (SSSR count). The van der Waals surface area contributed by atoms with Crippen molar-refractivity contribution < 1.29 is 14.3 Å². The summed E-state index contributed by atoms with van der Waals surface area (Å²) in [4.78, 5) is 19.0. The van der Waals surface area contributed by atoms with Crippen molar-refractivity contribution in [3.05, 3.63) is 23.5 Å². The zero-order valence-corrected chi connectivity index (χ0v) is 12.0. The van der Waals surface area contributed by atoms with Gasteiger partial charge in [0.25, 0.3) is 0 Å². The van der Waals surface area contributed by atoms with Crippen LogP contribution in [-0.2, 0) is 20.7 Å². The lowest BCUT2D eigenvalue weighted by Gasteiger charge is -2.44. The molecule has 0 aliphatic carbocycles. The number of rotatable bonds is 2. The molecule has 20 heavy (non-hydrogen) atoms. The van der Waals surface area contributed by atoms with Crippen molar-refractivity contribution in [3.8, 4) is 0 Å². The summed E-state index contributed by atoms with van der Waals surface area (Å²) in [7, 11) is 0. The van der Waals surface area contributed by atoms with Gasteiger partial charge in [0.05, 0.1) is 43.2 Å². The topological polar surface area (TPSA) is 51.7 Å². The SMILES string of the molecule is CCOC(=O)C1Cc2ncc(C)cc2N2CCOCC12. The van der Waals surface area contributed by atoms with Gasteiger partial charge in [-0.2, -0.15) is 0 Å². The molecule has 1 aromatic rings. The predicted octanol–water partition coefficient (Wildman–Crippen LogP) is 1.33. The molecule has 2 aliphatic heterocycles. The summed E-state index contributed by atoms with van der Waals surface area (Å²) in [6.07, 6.45) is 2.50. The molecule has 108 valence electrons. The Morgan fingerprint density at radius 2 is 2.45 bits per heavy atom. The summed E-state index contributed by atoms with van der Waals surface area (Å²) >= 11 is 0. The van der Waals surface area contributed by atoms with Gasteiger partial charge in [-0.1, -0.05) is 0 Å². The fourth-order valence-electron chi connectivity index (χ4n) is 3.08. The van der Waals surface area contributed by atoms with Gasteiger partial charge in [-0.3, -0.25) is 9.78 Å². The molecule has 1 aromatic heterocycles. The lowest BCUT2D eigenvalue weighted by molar-refractivity contribution is -0.150. The van der Waals surface area contributed by atoms with Crippen LogP contribution in [0.4, 0.5) is 5.69 Å². The van der Waals surface area contributed by atoms with Gasteiger partial charge in [0.1, 0.15) is 0 Å². The highest BCUT2D eigenvalue weighted by Gasteiger charge is 2.41. The summed E-state index contributed by atoms with van der Waals surface area (Å²) in [6.45, 7) is 6.37. The van der Waals surface area contributed by atoms with Crippen LogP contribution in [0.2, 0.25) is 0 Å². The first-order chi connectivity index (χ1) is 9.70. The number of morpholine rings is 1. The average Bonchev–Trinajstić information content (AvgIpc) is 2.47. The van der Waals surface area contributed by atoms with E-state index in [1.54, 1.807) is 0 Å². The highest BCUT2D eigenvalue weighted by Crippen LogP contribution is 2.35. The molecular formula is C15H20N2O3. The molecule has 2 unspecified atom stereocenters. The Labute approximate surface area is 118 Å². The molecule has 2 aliphatic rings. The van der Waals surface area contributed by atoms with E-state index < -0.39 is 0 Å². The van der Waals surface area contributed by atoms with Crippen LogP contribution in [0.1, 0.15) is 18.2 Å². The Hall–Kier alpha value is -1.62. The number of aromatic nitrogens is 1. The molecule has 1 saturated heterocycles. The van der Waals surface area contributed by atoms with E-state index >= 15 is 0 Å². The van der Waals surface area contributed by atoms with E-state index in [1.807, 2.05) is 20.0 Å². The number of anilines is 1. The maximum atomic E-state index is 12.2. The highest BCUT2D eigenvalue weighted by atomic mass is 16.5. The van der Waals surface area contributed by atoms with Gasteiger partial charge in [-0.25, -0.2) is 0 Å². The third-order valence-corrected chi connectivity index (χ3v) is 4.03. The Balaban J connectivity index is 1.96. The fourth-order valence-corrected chi connectivity index (χ4v) is 3.08. The van der Waals surface area contributed by atoms with Crippen LogP contribution in [0.3, 0.4) is 0 Å². The number of nitrogens with zero attached hydrogens (tertiary/aromatic N) is 2. The molecule has 2 atom stereocenters. The summed E-state index contributed by atoms with van der Waals surface area (Å²) in [5, 5.41) is 0. The van der Waals surface area contributed by atoms with E-state index in [1.165, 1.54) is 0 Å². The third kappa shape index (κ3) is 2.26. The molecule has 0 saturated carbocycles. The average molecular weight is 276 g/mol. The summed E-state index contributed by atoms with van der Waals surface area (Å²) in [5.74, 6) is -0.320. The maximum absolute atomic E-state index is 12.2. The molecule has 0 radical (unpaired) electrons. The van der Waals surface area contributed by atoms with Gasteiger partial charge in [-0.05, 0) is 25.5 Å². The minimum absolute atomic E-state index is 0.0684. The zero-order chi connectivity index (χ0) is 14.1. The molecule has 3 heterocycles. The first kappa shape index (κ1) is 13.4.